The Kier molecular flexibility index (Phi) is 6.30. The van der Waals surface area contributed by atoms with Crippen molar-refractivity contribution in [2.45, 2.75) is 72.8 Å². The van der Waals surface area contributed by atoms with Gasteiger partial charge in [0, 0.05) is 17.1 Å². The van der Waals surface area contributed by atoms with E-state index in [0.717, 1.165) is 37.7 Å². The number of rotatable bonds is 6. The predicted octanol–water partition coefficient (Wildman–Crippen LogP) is 5.56. The SMILES string of the molecule is CC=C(C)C(=O)O[C@H]1C=C(C(=O)O)[C@H](CCc2ccoc2)[C@@]2(C)CCCC(C)(C)[C@H]12. The smallest absolute Gasteiger partial charge is 0.333 e. The summed E-state index contributed by atoms with van der Waals surface area (Å²) in [6.07, 6.45) is 10.8. The van der Waals surface area contributed by atoms with Crippen molar-refractivity contribution in [1.29, 1.82) is 0 Å². The molecule has 1 saturated carbocycles. The number of fused-ring (bicyclic) bond motifs is 1. The first-order chi connectivity index (χ1) is 14.1. The Bertz CT molecular complexity index is 845. The molecule has 0 aliphatic heterocycles. The van der Waals surface area contributed by atoms with Crippen LogP contribution in [-0.2, 0) is 20.7 Å². The number of furan rings is 1. The monoisotopic (exact) mass is 414 g/mol. The van der Waals surface area contributed by atoms with Gasteiger partial charge in [-0.2, -0.15) is 0 Å². The van der Waals surface area contributed by atoms with Gasteiger partial charge in [-0.05, 0) is 74.0 Å². The predicted molar refractivity (Wildman–Crippen MR) is 115 cm³/mol. The number of aliphatic carboxylic acids is 1. The van der Waals surface area contributed by atoms with E-state index in [2.05, 4.69) is 20.8 Å². The summed E-state index contributed by atoms with van der Waals surface area (Å²) < 4.78 is 11.1. The van der Waals surface area contributed by atoms with Crippen LogP contribution >= 0.6 is 0 Å². The van der Waals surface area contributed by atoms with Crippen LogP contribution in [0.5, 0.6) is 0 Å². The molecule has 1 heterocycles. The van der Waals surface area contributed by atoms with E-state index in [1.54, 1.807) is 38.5 Å². The molecular formula is C25H34O5. The highest BCUT2D eigenvalue weighted by Crippen LogP contribution is 2.61. The molecule has 1 aromatic rings. The summed E-state index contributed by atoms with van der Waals surface area (Å²) in [6, 6.07) is 1.93. The van der Waals surface area contributed by atoms with Crippen molar-refractivity contribution < 1.29 is 23.8 Å². The Morgan fingerprint density at radius 2 is 2.03 bits per heavy atom. The molecule has 30 heavy (non-hydrogen) atoms. The average Bonchev–Trinajstić information content (AvgIpc) is 3.18. The van der Waals surface area contributed by atoms with Gasteiger partial charge in [-0.1, -0.05) is 33.3 Å². The standard InChI is InChI=1S/C25H34O5/c1-6-16(2)23(28)30-20-14-18(22(26)27)19(9-8-17-10-13-29-15-17)25(5)12-7-11-24(3,4)21(20)25/h6,10,13-15,19-21H,7-9,11-12H2,1-5H3,(H,26,27)/t19-,20-,21-,25+/m0/s1. The largest absolute Gasteiger partial charge is 0.478 e. The third kappa shape index (κ3) is 4.12. The molecule has 5 nitrogen and oxygen atoms in total. The van der Waals surface area contributed by atoms with E-state index >= 15 is 0 Å². The molecule has 0 unspecified atom stereocenters. The molecule has 0 saturated heterocycles. The molecular weight excluding hydrogens is 380 g/mol. The van der Waals surface area contributed by atoms with Gasteiger partial charge in [0.2, 0.25) is 0 Å². The lowest BCUT2D eigenvalue weighted by molar-refractivity contribution is -0.161. The Morgan fingerprint density at radius 3 is 2.63 bits per heavy atom. The third-order valence-corrected chi connectivity index (χ3v) is 7.48. The van der Waals surface area contributed by atoms with Gasteiger partial charge in [0.05, 0.1) is 12.5 Å². The second-order valence-corrected chi connectivity index (χ2v) is 9.82. The number of aryl methyl sites for hydroxylation is 1. The molecule has 5 heteroatoms. The zero-order valence-corrected chi connectivity index (χ0v) is 18.7. The number of ether oxygens (including phenoxy) is 1. The fourth-order valence-electron chi connectivity index (χ4n) is 5.97. The molecule has 1 fully saturated rings. The highest BCUT2D eigenvalue weighted by molar-refractivity contribution is 5.89. The van der Waals surface area contributed by atoms with Crippen molar-refractivity contribution >= 4 is 11.9 Å². The Labute approximate surface area is 179 Å². The lowest BCUT2D eigenvalue weighted by Gasteiger charge is -2.58. The zero-order chi connectivity index (χ0) is 22.1. The van der Waals surface area contributed by atoms with Gasteiger partial charge in [-0.25, -0.2) is 9.59 Å². The lowest BCUT2D eigenvalue weighted by atomic mass is 9.47. The molecule has 1 aromatic heterocycles. The Balaban J connectivity index is 2.03. The van der Waals surface area contributed by atoms with Crippen LogP contribution in [0.15, 0.2) is 46.3 Å². The van der Waals surface area contributed by atoms with Gasteiger partial charge in [0.1, 0.15) is 6.10 Å². The van der Waals surface area contributed by atoms with Gasteiger partial charge in [0.15, 0.2) is 0 Å². The van der Waals surface area contributed by atoms with E-state index < -0.39 is 12.1 Å². The molecule has 0 radical (unpaired) electrons. The number of carbonyl (C=O) groups excluding carboxylic acids is 1. The number of hydrogen-bond donors (Lipinski definition) is 1. The fraction of sp³-hybridized carbons (Fsp3) is 0.600. The van der Waals surface area contributed by atoms with Crippen molar-refractivity contribution in [2.75, 3.05) is 0 Å². The number of esters is 1. The van der Waals surface area contributed by atoms with Crippen LogP contribution < -0.4 is 0 Å². The summed E-state index contributed by atoms with van der Waals surface area (Å²) in [5, 5.41) is 10.1. The van der Waals surface area contributed by atoms with E-state index in [9.17, 15) is 14.7 Å². The van der Waals surface area contributed by atoms with Gasteiger partial charge < -0.3 is 14.3 Å². The molecule has 4 atom stereocenters. The van der Waals surface area contributed by atoms with Crippen molar-refractivity contribution in [3.63, 3.8) is 0 Å². The molecule has 2 aliphatic rings. The van der Waals surface area contributed by atoms with E-state index in [0.29, 0.717) is 11.1 Å². The van der Waals surface area contributed by atoms with Crippen LogP contribution in [0, 0.1) is 22.7 Å². The summed E-state index contributed by atoms with van der Waals surface area (Å²) in [4.78, 5) is 24.9. The molecule has 0 aromatic carbocycles. The van der Waals surface area contributed by atoms with Gasteiger partial charge in [0.25, 0.3) is 0 Å². The van der Waals surface area contributed by atoms with Crippen molar-refractivity contribution in [3.8, 4) is 0 Å². The maximum absolute atomic E-state index is 12.6. The minimum absolute atomic E-state index is 0.0593. The second kappa shape index (κ2) is 8.44. The molecule has 164 valence electrons. The van der Waals surface area contributed by atoms with Crippen molar-refractivity contribution in [3.05, 3.63) is 47.5 Å². The van der Waals surface area contributed by atoms with Crippen LogP contribution in [0.1, 0.15) is 65.9 Å². The van der Waals surface area contributed by atoms with Crippen molar-refractivity contribution in [2.24, 2.45) is 22.7 Å². The normalized spacial score (nSPS) is 30.9. The minimum Gasteiger partial charge on any atom is -0.478 e. The quantitative estimate of drug-likeness (QED) is 0.487. The average molecular weight is 415 g/mol. The first kappa shape index (κ1) is 22.4. The molecule has 2 aliphatic carbocycles. The Morgan fingerprint density at radius 1 is 1.30 bits per heavy atom. The van der Waals surface area contributed by atoms with E-state index in [4.69, 9.17) is 9.15 Å². The van der Waals surface area contributed by atoms with E-state index in [1.807, 2.05) is 6.07 Å². The molecule has 0 bridgehead atoms. The number of hydrogen-bond acceptors (Lipinski definition) is 4. The van der Waals surface area contributed by atoms with Gasteiger partial charge in [-0.3, -0.25) is 0 Å². The van der Waals surface area contributed by atoms with Gasteiger partial charge in [-0.15, -0.1) is 0 Å². The third-order valence-electron chi connectivity index (χ3n) is 7.48. The number of carbonyl (C=O) groups is 2. The van der Waals surface area contributed by atoms with Crippen LogP contribution in [0.2, 0.25) is 0 Å². The summed E-state index contributed by atoms with van der Waals surface area (Å²) in [5.41, 5.74) is 1.68. The molecule has 3 rings (SSSR count). The van der Waals surface area contributed by atoms with Gasteiger partial charge >= 0.3 is 11.9 Å². The topological polar surface area (TPSA) is 76.7 Å². The first-order valence-electron chi connectivity index (χ1n) is 10.9. The highest BCUT2D eigenvalue weighted by atomic mass is 16.5. The van der Waals surface area contributed by atoms with Crippen LogP contribution in [0.4, 0.5) is 0 Å². The minimum atomic E-state index is -0.918. The fourth-order valence-corrected chi connectivity index (χ4v) is 5.97. The van der Waals surface area contributed by atoms with E-state index in [-0.39, 0.29) is 28.6 Å². The number of allylic oxidation sites excluding steroid dienone is 1. The van der Waals surface area contributed by atoms with E-state index in [1.165, 1.54) is 0 Å². The number of carboxylic acids is 1. The summed E-state index contributed by atoms with van der Waals surface area (Å²) >= 11 is 0. The van der Waals surface area contributed by atoms with Crippen LogP contribution in [-0.4, -0.2) is 23.1 Å². The second-order valence-electron chi connectivity index (χ2n) is 9.82. The molecule has 1 N–H and O–H groups in total. The summed E-state index contributed by atoms with van der Waals surface area (Å²) in [7, 11) is 0. The maximum atomic E-state index is 12.6. The molecule has 0 spiro atoms. The number of carboxylic acid groups (broad SMARTS) is 1. The summed E-state index contributed by atoms with van der Waals surface area (Å²) in [6.45, 7) is 10.2. The molecule has 0 amide bonds. The highest BCUT2D eigenvalue weighted by Gasteiger charge is 2.57. The van der Waals surface area contributed by atoms with Crippen LogP contribution in [0.3, 0.4) is 0 Å². The van der Waals surface area contributed by atoms with Crippen molar-refractivity contribution in [1.82, 2.24) is 0 Å². The zero-order valence-electron chi connectivity index (χ0n) is 18.7. The van der Waals surface area contributed by atoms with Crippen LogP contribution in [0.25, 0.3) is 0 Å². The maximum Gasteiger partial charge on any atom is 0.333 e. The Hall–Kier alpha value is -2.30. The lowest BCUT2D eigenvalue weighted by Crippen LogP contribution is -2.56. The summed E-state index contributed by atoms with van der Waals surface area (Å²) in [5.74, 6) is -1.33. The first-order valence-corrected chi connectivity index (χ1v) is 10.9.